The van der Waals surface area contributed by atoms with Crippen molar-refractivity contribution in [1.82, 2.24) is 15.2 Å². The molecule has 2 aromatic rings. The second-order valence-electron chi connectivity index (χ2n) is 9.42. The van der Waals surface area contributed by atoms with Gasteiger partial charge in [-0.1, -0.05) is 25.1 Å². The van der Waals surface area contributed by atoms with E-state index in [1.54, 1.807) is 26.0 Å². The number of aryl methyl sites for hydroxylation is 1. The van der Waals surface area contributed by atoms with Gasteiger partial charge in [0.2, 0.25) is 0 Å². The highest BCUT2D eigenvalue weighted by atomic mass is 32.1. The molecule has 1 N–H and O–H groups in total. The number of aromatic nitrogens is 1. The van der Waals surface area contributed by atoms with Crippen molar-refractivity contribution >= 4 is 23.5 Å². The fourth-order valence-electron chi connectivity index (χ4n) is 4.63. The van der Waals surface area contributed by atoms with Crippen molar-refractivity contribution in [2.75, 3.05) is 13.1 Å². The zero-order valence-electron chi connectivity index (χ0n) is 20.7. The third kappa shape index (κ3) is 6.46. The Morgan fingerprint density at radius 3 is 2.68 bits per heavy atom. The van der Waals surface area contributed by atoms with Gasteiger partial charge in [0.1, 0.15) is 17.3 Å². The number of likely N-dealkylation sites (tertiary alicyclic amines) is 1. The lowest BCUT2D eigenvalue weighted by Gasteiger charge is -2.43. The Bertz CT molecular complexity index is 1280. The zero-order valence-corrected chi connectivity index (χ0v) is 21.5. The lowest BCUT2D eigenvalue weighted by Crippen LogP contribution is -2.58. The van der Waals surface area contributed by atoms with E-state index in [1.807, 2.05) is 0 Å². The zero-order chi connectivity index (χ0) is 27.7. The average molecular weight is 557 g/mol. The van der Waals surface area contributed by atoms with E-state index in [0.29, 0.717) is 21.9 Å². The third-order valence-corrected chi connectivity index (χ3v) is 7.41. The Morgan fingerprint density at radius 1 is 1.24 bits per heavy atom. The summed E-state index contributed by atoms with van der Waals surface area (Å²) in [5, 5.41) is 3.46. The minimum atomic E-state index is -4.54. The molecule has 2 aliphatic heterocycles. The van der Waals surface area contributed by atoms with Crippen LogP contribution >= 0.6 is 11.3 Å². The molecule has 0 saturated carbocycles. The van der Waals surface area contributed by atoms with Crippen molar-refractivity contribution in [1.29, 1.82) is 0 Å². The first-order valence-corrected chi connectivity index (χ1v) is 12.8. The third-order valence-electron chi connectivity index (χ3n) is 6.39. The van der Waals surface area contributed by atoms with E-state index in [2.05, 4.69) is 15.3 Å². The van der Waals surface area contributed by atoms with Crippen LogP contribution in [0.3, 0.4) is 0 Å². The van der Waals surface area contributed by atoms with Gasteiger partial charge in [-0.3, -0.25) is 4.79 Å². The van der Waals surface area contributed by atoms with Crippen LogP contribution in [0.2, 0.25) is 0 Å². The summed E-state index contributed by atoms with van der Waals surface area (Å²) in [6.07, 6.45) is -1.12. The second kappa shape index (κ2) is 10.9. The molecule has 1 saturated heterocycles. The van der Waals surface area contributed by atoms with Gasteiger partial charge in [-0.15, -0.1) is 11.3 Å². The van der Waals surface area contributed by atoms with E-state index in [0.717, 1.165) is 28.5 Å². The number of rotatable bonds is 5. The van der Waals surface area contributed by atoms with E-state index < -0.39 is 54.3 Å². The van der Waals surface area contributed by atoms with Crippen LogP contribution in [0.15, 0.2) is 52.8 Å². The molecule has 38 heavy (non-hydrogen) atoms. The molecule has 0 aliphatic carbocycles. The standard InChI is InChI=1S/C26H26F6N4OS/c1-15-11-25(28,29)14-36(20(15)13-34-21-9-4-3-7-18(12-33-21)26(30,31)32)24(37)22-23(38-16(2)35-22)17-6-5-8-19(27)10-17/h5-10,12,15,20,34H,3-4,11,13-14H2,1-2H3/b18-7-,21-9?,33-12?/t15-,20?/m1/s1. The minimum absolute atomic E-state index is 0.00432. The predicted molar refractivity (Wildman–Crippen MR) is 134 cm³/mol. The van der Waals surface area contributed by atoms with Crippen LogP contribution in [0.5, 0.6) is 0 Å². The second-order valence-corrected chi connectivity index (χ2v) is 10.6. The summed E-state index contributed by atoms with van der Waals surface area (Å²) in [5.41, 5.74) is -0.500. The summed E-state index contributed by atoms with van der Waals surface area (Å²) in [5.74, 6) is -4.84. The number of aliphatic imine (C=N–C) groups is 1. The van der Waals surface area contributed by atoms with Gasteiger partial charge in [-0.2, -0.15) is 13.2 Å². The molecular formula is C26H26F6N4OS. The fourth-order valence-corrected chi connectivity index (χ4v) is 5.54. The number of hydrogen-bond acceptors (Lipinski definition) is 5. The molecule has 3 heterocycles. The maximum atomic E-state index is 14.7. The van der Waals surface area contributed by atoms with Crippen molar-refractivity contribution in [3.63, 3.8) is 0 Å². The maximum absolute atomic E-state index is 14.7. The van der Waals surface area contributed by atoms with E-state index in [9.17, 15) is 31.1 Å². The monoisotopic (exact) mass is 556 g/mol. The Kier molecular flexibility index (Phi) is 8.01. The number of nitrogens with one attached hydrogen (secondary N) is 1. The molecule has 0 spiro atoms. The number of allylic oxidation sites excluding steroid dienone is 3. The minimum Gasteiger partial charge on any atom is -0.368 e. The molecule has 1 fully saturated rings. The normalized spacial score (nSPS) is 23.2. The first-order valence-electron chi connectivity index (χ1n) is 12.0. The number of benzene rings is 1. The Morgan fingerprint density at radius 2 is 1.97 bits per heavy atom. The quantitative estimate of drug-likeness (QED) is 0.426. The number of halogens is 6. The van der Waals surface area contributed by atoms with Gasteiger partial charge < -0.3 is 10.2 Å². The van der Waals surface area contributed by atoms with Crippen molar-refractivity contribution < 1.29 is 31.1 Å². The van der Waals surface area contributed by atoms with Gasteiger partial charge in [0.05, 0.1) is 28.0 Å². The summed E-state index contributed by atoms with van der Waals surface area (Å²) in [6, 6.07) is 4.89. The van der Waals surface area contributed by atoms with Crippen molar-refractivity contribution in [3.8, 4) is 10.4 Å². The number of amides is 1. The Balaban J connectivity index is 1.60. The van der Waals surface area contributed by atoms with Crippen LogP contribution in [-0.2, 0) is 0 Å². The molecule has 4 rings (SSSR count). The predicted octanol–water partition coefficient (Wildman–Crippen LogP) is 6.53. The van der Waals surface area contributed by atoms with Gasteiger partial charge in [0.25, 0.3) is 11.8 Å². The van der Waals surface area contributed by atoms with Crippen LogP contribution in [0.1, 0.15) is 41.7 Å². The smallest absolute Gasteiger partial charge is 0.368 e. The topological polar surface area (TPSA) is 57.6 Å². The number of thiazole rings is 1. The molecule has 1 unspecified atom stereocenters. The lowest BCUT2D eigenvalue weighted by atomic mass is 9.88. The van der Waals surface area contributed by atoms with Crippen LogP contribution in [-0.4, -0.2) is 53.2 Å². The maximum Gasteiger partial charge on any atom is 0.417 e. The van der Waals surface area contributed by atoms with Gasteiger partial charge in [-0.25, -0.2) is 23.1 Å². The molecule has 1 aromatic carbocycles. The molecule has 0 bridgehead atoms. The first kappa shape index (κ1) is 27.9. The van der Waals surface area contributed by atoms with E-state index >= 15 is 0 Å². The Labute approximate surface area is 220 Å². The van der Waals surface area contributed by atoms with Gasteiger partial charge in [0, 0.05) is 19.2 Å². The highest BCUT2D eigenvalue weighted by molar-refractivity contribution is 7.15. The van der Waals surface area contributed by atoms with Crippen LogP contribution in [0.25, 0.3) is 10.4 Å². The number of alkyl halides is 5. The average Bonchev–Trinajstić information content (AvgIpc) is 3.19. The van der Waals surface area contributed by atoms with E-state index in [-0.39, 0.29) is 24.5 Å². The first-order chi connectivity index (χ1) is 17.8. The molecular weight excluding hydrogens is 530 g/mol. The SMILES string of the molecule is Cc1nc(C(=O)N2CC(F)(F)C[C@@H](C)C2CNC2=CCC/C=C(\C(F)(F)F)C=N2)c(-c2cccc(F)c2)s1. The van der Waals surface area contributed by atoms with Crippen molar-refractivity contribution in [3.05, 3.63) is 64.3 Å². The largest absolute Gasteiger partial charge is 0.417 e. The Hall–Kier alpha value is -3.15. The van der Waals surface area contributed by atoms with Crippen LogP contribution in [0.4, 0.5) is 26.3 Å². The number of hydrogen-bond donors (Lipinski definition) is 1. The summed E-state index contributed by atoms with van der Waals surface area (Å²) in [6.45, 7) is 2.42. The number of nitrogens with zero attached hydrogens (tertiary/aromatic N) is 3. The van der Waals surface area contributed by atoms with Crippen molar-refractivity contribution in [2.24, 2.45) is 10.9 Å². The molecule has 1 amide bonds. The number of carbonyl (C=O) groups excluding carboxylic acids is 1. The number of piperidine rings is 1. The van der Waals surface area contributed by atoms with Gasteiger partial charge >= 0.3 is 6.18 Å². The van der Waals surface area contributed by atoms with Crippen LogP contribution < -0.4 is 5.32 Å². The van der Waals surface area contributed by atoms with E-state index in [4.69, 9.17) is 0 Å². The summed E-state index contributed by atoms with van der Waals surface area (Å²) < 4.78 is 82.6. The van der Waals surface area contributed by atoms with E-state index in [1.165, 1.54) is 18.2 Å². The van der Waals surface area contributed by atoms with Crippen molar-refractivity contribution in [2.45, 2.75) is 51.3 Å². The molecule has 12 heteroatoms. The number of carbonyl (C=O) groups is 1. The summed E-state index contributed by atoms with van der Waals surface area (Å²) in [4.78, 5) is 23.3. The summed E-state index contributed by atoms with van der Waals surface area (Å²) >= 11 is 1.16. The lowest BCUT2D eigenvalue weighted by molar-refractivity contribution is -0.0913. The fraction of sp³-hybridized carbons (Fsp3) is 0.423. The molecule has 1 aromatic heterocycles. The molecule has 204 valence electrons. The highest BCUT2D eigenvalue weighted by Crippen LogP contribution is 2.37. The molecule has 0 radical (unpaired) electrons. The highest BCUT2D eigenvalue weighted by Gasteiger charge is 2.47. The van der Waals surface area contributed by atoms with Gasteiger partial charge in [-0.05, 0) is 49.5 Å². The molecule has 2 aliphatic rings. The van der Waals surface area contributed by atoms with Gasteiger partial charge in [0.15, 0.2) is 0 Å². The molecule has 5 nitrogen and oxygen atoms in total. The van der Waals surface area contributed by atoms with Crippen LogP contribution in [0, 0.1) is 18.7 Å². The summed E-state index contributed by atoms with van der Waals surface area (Å²) in [7, 11) is 0. The molecule has 2 atom stereocenters.